The summed E-state index contributed by atoms with van der Waals surface area (Å²) in [4.78, 5) is 40.8. The molecule has 0 spiro atoms. The lowest BCUT2D eigenvalue weighted by Crippen LogP contribution is -2.24. The molecule has 0 amide bonds. The fourth-order valence-electron chi connectivity index (χ4n) is 4.52. The van der Waals surface area contributed by atoms with Crippen LogP contribution in [-0.2, 0) is 29.9 Å². The molecule has 7 nitrogen and oxygen atoms in total. The van der Waals surface area contributed by atoms with Crippen LogP contribution in [0.25, 0.3) is 21.1 Å². The highest BCUT2D eigenvalue weighted by atomic mass is 32.2. The number of nitrogens with zero attached hydrogens (tertiary/aromatic N) is 3. The maximum Gasteiger partial charge on any atom is 0.262 e. The predicted octanol–water partition coefficient (Wildman–Crippen LogP) is 4.54. The highest BCUT2D eigenvalue weighted by Gasteiger charge is 2.23. The van der Waals surface area contributed by atoms with Gasteiger partial charge in [-0.05, 0) is 56.2 Å². The van der Waals surface area contributed by atoms with E-state index < -0.39 is 0 Å². The minimum absolute atomic E-state index is 0.0541. The van der Waals surface area contributed by atoms with E-state index >= 15 is 0 Å². The van der Waals surface area contributed by atoms with E-state index in [1.54, 1.807) is 15.9 Å². The van der Waals surface area contributed by atoms with Crippen LogP contribution in [0, 0.1) is 5.92 Å². The van der Waals surface area contributed by atoms with Gasteiger partial charge in [0.15, 0.2) is 5.16 Å². The molecule has 0 aliphatic heterocycles. The summed E-state index contributed by atoms with van der Waals surface area (Å²) in [5.74, 6) is 1.69. The van der Waals surface area contributed by atoms with Crippen molar-refractivity contribution in [3.05, 3.63) is 61.2 Å². The van der Waals surface area contributed by atoms with Gasteiger partial charge in [0.1, 0.15) is 10.7 Å². The van der Waals surface area contributed by atoms with Crippen molar-refractivity contribution < 1.29 is 4.74 Å². The number of aryl methyl sites for hydroxylation is 1. The largest absolute Gasteiger partial charge is 0.382 e. The molecule has 0 fully saturated rings. The molecule has 0 saturated heterocycles. The second-order valence-electron chi connectivity index (χ2n) is 8.75. The molecule has 3 heterocycles. The minimum Gasteiger partial charge on any atom is -0.382 e. The Morgan fingerprint density at radius 1 is 1.26 bits per heavy atom. The molecule has 178 valence electrons. The smallest absolute Gasteiger partial charge is 0.262 e. The van der Waals surface area contributed by atoms with Crippen molar-refractivity contribution in [3.63, 3.8) is 0 Å². The highest BCUT2D eigenvalue weighted by Crippen LogP contribution is 2.35. The maximum atomic E-state index is 13.2. The fourth-order valence-corrected chi connectivity index (χ4v) is 6.82. The number of thiophene rings is 1. The zero-order valence-corrected chi connectivity index (χ0v) is 21.1. The van der Waals surface area contributed by atoms with Gasteiger partial charge in [-0.15, -0.1) is 11.3 Å². The Morgan fingerprint density at radius 2 is 2.12 bits per heavy atom. The van der Waals surface area contributed by atoms with Crippen molar-refractivity contribution >= 4 is 44.2 Å². The summed E-state index contributed by atoms with van der Waals surface area (Å²) in [6.07, 6.45) is 3.81. The molecule has 1 aromatic carbocycles. The van der Waals surface area contributed by atoms with Crippen LogP contribution in [0.2, 0.25) is 0 Å². The van der Waals surface area contributed by atoms with Gasteiger partial charge in [-0.2, -0.15) is 0 Å². The SMILES string of the molecule is CCOCCCn1c(SCc2nc3sc4c(c3c(=O)[nH]2)CC[C@H](C)C4)nc2ccccc2c1=O. The van der Waals surface area contributed by atoms with Crippen LogP contribution >= 0.6 is 23.1 Å². The first-order chi connectivity index (χ1) is 16.5. The molecule has 0 radical (unpaired) electrons. The van der Waals surface area contributed by atoms with Gasteiger partial charge in [-0.1, -0.05) is 30.8 Å². The van der Waals surface area contributed by atoms with Gasteiger partial charge in [0.2, 0.25) is 0 Å². The van der Waals surface area contributed by atoms with Gasteiger partial charge in [0, 0.05) is 24.6 Å². The minimum atomic E-state index is -0.0618. The molecule has 1 N–H and O–H groups in total. The normalized spacial score (nSPS) is 15.8. The number of thioether (sulfide) groups is 1. The van der Waals surface area contributed by atoms with Crippen molar-refractivity contribution in [1.29, 1.82) is 0 Å². The van der Waals surface area contributed by atoms with Crippen LogP contribution in [-0.4, -0.2) is 32.7 Å². The molecule has 1 aliphatic carbocycles. The van der Waals surface area contributed by atoms with Crippen LogP contribution in [0.4, 0.5) is 0 Å². The Morgan fingerprint density at radius 3 is 2.97 bits per heavy atom. The molecule has 5 rings (SSSR count). The van der Waals surface area contributed by atoms with Crippen LogP contribution in [0.1, 0.15) is 43.0 Å². The maximum absolute atomic E-state index is 13.2. The second-order valence-corrected chi connectivity index (χ2v) is 10.8. The van der Waals surface area contributed by atoms with E-state index in [0.717, 1.165) is 35.9 Å². The molecular weight excluding hydrogens is 468 g/mol. The van der Waals surface area contributed by atoms with Crippen molar-refractivity contribution in [3.8, 4) is 0 Å². The Hall–Kier alpha value is -2.49. The summed E-state index contributed by atoms with van der Waals surface area (Å²) >= 11 is 3.08. The second kappa shape index (κ2) is 10.0. The van der Waals surface area contributed by atoms with Crippen molar-refractivity contribution in [2.24, 2.45) is 5.92 Å². The summed E-state index contributed by atoms with van der Waals surface area (Å²) in [6.45, 7) is 5.99. The predicted molar refractivity (Wildman–Crippen MR) is 138 cm³/mol. The third kappa shape index (κ3) is 4.56. The average molecular weight is 497 g/mol. The molecule has 4 aromatic rings. The Balaban J connectivity index is 1.45. The van der Waals surface area contributed by atoms with E-state index in [1.807, 2.05) is 31.2 Å². The number of hydrogen-bond donors (Lipinski definition) is 1. The van der Waals surface area contributed by atoms with E-state index in [1.165, 1.54) is 22.2 Å². The topological polar surface area (TPSA) is 89.9 Å². The van der Waals surface area contributed by atoms with E-state index in [4.69, 9.17) is 14.7 Å². The summed E-state index contributed by atoms with van der Waals surface area (Å²) in [5, 5.41) is 1.99. The number of rotatable bonds is 8. The third-order valence-corrected chi connectivity index (χ3v) is 8.39. The number of aromatic nitrogens is 4. The van der Waals surface area contributed by atoms with Crippen molar-refractivity contribution in [2.75, 3.05) is 13.2 Å². The first-order valence-electron chi connectivity index (χ1n) is 11.8. The summed E-state index contributed by atoms with van der Waals surface area (Å²) in [7, 11) is 0. The molecule has 1 atom stereocenters. The number of para-hydroxylation sites is 1. The number of hydrogen-bond acceptors (Lipinski definition) is 7. The highest BCUT2D eigenvalue weighted by molar-refractivity contribution is 7.98. The zero-order valence-electron chi connectivity index (χ0n) is 19.4. The Bertz CT molecular complexity index is 1460. The molecule has 0 saturated carbocycles. The van der Waals surface area contributed by atoms with E-state index in [9.17, 15) is 9.59 Å². The summed E-state index contributed by atoms with van der Waals surface area (Å²) in [5.41, 5.74) is 1.74. The Kier molecular flexibility index (Phi) is 6.85. The van der Waals surface area contributed by atoms with E-state index in [2.05, 4.69) is 11.9 Å². The zero-order chi connectivity index (χ0) is 23.7. The van der Waals surface area contributed by atoms with Crippen molar-refractivity contribution in [2.45, 2.75) is 57.0 Å². The number of fused-ring (bicyclic) bond motifs is 4. The standard InChI is InChI=1S/C25H28N4O3S2/c1-3-32-12-6-11-29-24(31)16-7-4-5-8-18(16)26-25(29)33-14-20-27-22(30)21-17-10-9-15(2)13-19(17)34-23(21)28-20/h4-5,7-8,15H,3,6,9-14H2,1-2H3,(H,27,28,30)/t15-/m0/s1. The summed E-state index contributed by atoms with van der Waals surface area (Å²) in [6, 6.07) is 7.41. The first-order valence-corrected chi connectivity index (χ1v) is 13.6. The lowest BCUT2D eigenvalue weighted by atomic mass is 9.89. The lowest BCUT2D eigenvalue weighted by molar-refractivity contribution is 0.140. The van der Waals surface area contributed by atoms with Crippen LogP contribution in [0.3, 0.4) is 0 Å². The van der Waals surface area contributed by atoms with Gasteiger partial charge in [0.05, 0.1) is 22.0 Å². The van der Waals surface area contributed by atoms with Gasteiger partial charge < -0.3 is 9.72 Å². The third-order valence-electron chi connectivity index (χ3n) is 6.25. The van der Waals surface area contributed by atoms with Crippen LogP contribution < -0.4 is 11.1 Å². The molecule has 3 aromatic heterocycles. The van der Waals surface area contributed by atoms with Crippen LogP contribution in [0.15, 0.2) is 39.0 Å². The van der Waals surface area contributed by atoms with Crippen LogP contribution in [0.5, 0.6) is 0 Å². The molecular formula is C25H28N4O3S2. The molecule has 34 heavy (non-hydrogen) atoms. The van der Waals surface area contributed by atoms with Crippen molar-refractivity contribution in [1.82, 2.24) is 19.5 Å². The van der Waals surface area contributed by atoms with Gasteiger partial charge in [-0.25, -0.2) is 9.97 Å². The van der Waals surface area contributed by atoms with E-state index in [-0.39, 0.29) is 11.1 Å². The van der Waals surface area contributed by atoms with Gasteiger partial charge >= 0.3 is 0 Å². The number of aromatic amines is 1. The molecule has 9 heteroatoms. The number of H-pyrrole nitrogens is 1. The Labute approximate surface area is 205 Å². The molecule has 0 unspecified atom stereocenters. The number of nitrogens with one attached hydrogen (secondary N) is 1. The van der Waals surface area contributed by atoms with Gasteiger partial charge in [0.25, 0.3) is 11.1 Å². The molecule has 0 bridgehead atoms. The monoisotopic (exact) mass is 496 g/mol. The lowest BCUT2D eigenvalue weighted by Gasteiger charge is -2.17. The molecule has 1 aliphatic rings. The van der Waals surface area contributed by atoms with E-state index in [0.29, 0.717) is 53.3 Å². The van der Waals surface area contributed by atoms with Gasteiger partial charge in [-0.3, -0.25) is 14.2 Å². The fraction of sp³-hybridized carbons (Fsp3) is 0.440. The number of benzene rings is 1. The summed E-state index contributed by atoms with van der Waals surface area (Å²) < 4.78 is 7.17. The first kappa shape index (κ1) is 23.3. The number of ether oxygens (including phenoxy) is 1. The quantitative estimate of drug-likeness (QED) is 0.219. The average Bonchev–Trinajstić information content (AvgIpc) is 3.19.